The standard InChI is InChI=1S/C19H23FN2O2/c1-13(2)16-6-4-5-7-17(16)22-18(23)21-12-19(3,24)14-8-10-15(20)11-9-14/h4-11,13,24H,12H2,1-3H3,(H2,21,22,23). The summed E-state index contributed by atoms with van der Waals surface area (Å²) in [4.78, 5) is 12.1. The smallest absolute Gasteiger partial charge is 0.319 e. The number of amides is 2. The van der Waals surface area contributed by atoms with E-state index in [4.69, 9.17) is 0 Å². The van der Waals surface area contributed by atoms with Gasteiger partial charge in [0.05, 0.1) is 6.54 Å². The van der Waals surface area contributed by atoms with Crippen LogP contribution in [0.2, 0.25) is 0 Å². The van der Waals surface area contributed by atoms with Gasteiger partial charge in [-0.3, -0.25) is 0 Å². The number of hydrogen-bond acceptors (Lipinski definition) is 2. The average Bonchev–Trinajstić information content (AvgIpc) is 2.54. The zero-order valence-electron chi connectivity index (χ0n) is 14.1. The van der Waals surface area contributed by atoms with E-state index < -0.39 is 11.6 Å². The highest BCUT2D eigenvalue weighted by Gasteiger charge is 2.24. The lowest BCUT2D eigenvalue weighted by molar-refractivity contribution is 0.0599. The molecule has 24 heavy (non-hydrogen) atoms. The van der Waals surface area contributed by atoms with Gasteiger partial charge in [-0.2, -0.15) is 0 Å². The Labute approximate surface area is 141 Å². The SMILES string of the molecule is CC(C)c1ccccc1NC(=O)NCC(C)(O)c1ccc(F)cc1. The van der Waals surface area contributed by atoms with E-state index in [1.807, 2.05) is 24.3 Å². The average molecular weight is 330 g/mol. The maximum atomic E-state index is 13.0. The summed E-state index contributed by atoms with van der Waals surface area (Å²) in [5, 5.41) is 15.9. The van der Waals surface area contributed by atoms with Gasteiger partial charge in [-0.1, -0.05) is 44.2 Å². The summed E-state index contributed by atoms with van der Waals surface area (Å²) in [6.45, 7) is 5.69. The van der Waals surface area contributed by atoms with Gasteiger partial charge in [0.15, 0.2) is 0 Å². The van der Waals surface area contributed by atoms with Crippen molar-refractivity contribution in [3.8, 4) is 0 Å². The number of nitrogens with one attached hydrogen (secondary N) is 2. The number of hydrogen-bond donors (Lipinski definition) is 3. The molecular weight excluding hydrogens is 307 g/mol. The van der Waals surface area contributed by atoms with E-state index in [9.17, 15) is 14.3 Å². The predicted octanol–water partition coefficient (Wildman–Crippen LogP) is 3.98. The molecule has 2 aromatic rings. The minimum atomic E-state index is -1.29. The molecule has 0 bridgehead atoms. The molecule has 1 atom stereocenters. The molecule has 0 saturated heterocycles. The van der Waals surface area contributed by atoms with Crippen LogP contribution < -0.4 is 10.6 Å². The highest BCUT2D eigenvalue weighted by atomic mass is 19.1. The third-order valence-corrected chi connectivity index (χ3v) is 3.89. The quantitative estimate of drug-likeness (QED) is 0.776. The van der Waals surface area contributed by atoms with Gasteiger partial charge in [0.1, 0.15) is 11.4 Å². The van der Waals surface area contributed by atoms with Crippen molar-refractivity contribution in [1.82, 2.24) is 5.32 Å². The summed E-state index contributed by atoms with van der Waals surface area (Å²) in [6, 6.07) is 12.8. The normalized spacial score (nSPS) is 13.4. The number of rotatable bonds is 5. The van der Waals surface area contributed by atoms with Gasteiger partial charge in [0.2, 0.25) is 0 Å². The number of halogens is 1. The summed E-state index contributed by atoms with van der Waals surface area (Å²) < 4.78 is 13.0. The molecule has 5 heteroatoms. The Balaban J connectivity index is 1.99. The highest BCUT2D eigenvalue weighted by Crippen LogP contribution is 2.24. The number of anilines is 1. The van der Waals surface area contributed by atoms with Crippen LogP contribution in [-0.2, 0) is 5.60 Å². The molecule has 1 unspecified atom stereocenters. The molecule has 3 N–H and O–H groups in total. The largest absolute Gasteiger partial charge is 0.384 e. The Hall–Kier alpha value is -2.40. The van der Waals surface area contributed by atoms with Crippen molar-refractivity contribution in [3.05, 3.63) is 65.5 Å². The van der Waals surface area contributed by atoms with Crippen LogP contribution in [0, 0.1) is 5.82 Å². The molecule has 2 rings (SSSR count). The highest BCUT2D eigenvalue weighted by molar-refractivity contribution is 5.90. The summed E-state index contributed by atoms with van der Waals surface area (Å²) in [7, 11) is 0. The molecule has 0 radical (unpaired) electrons. The second-order valence-electron chi connectivity index (χ2n) is 6.33. The number of urea groups is 1. The summed E-state index contributed by atoms with van der Waals surface area (Å²) in [6.07, 6.45) is 0. The second kappa shape index (κ2) is 7.45. The lowest BCUT2D eigenvalue weighted by Gasteiger charge is -2.24. The summed E-state index contributed by atoms with van der Waals surface area (Å²) in [5.74, 6) is -0.0885. The van der Waals surface area contributed by atoms with Gasteiger partial charge in [0.25, 0.3) is 0 Å². The molecule has 0 aliphatic heterocycles. The van der Waals surface area contributed by atoms with Crippen LogP contribution in [0.15, 0.2) is 48.5 Å². The fourth-order valence-electron chi connectivity index (χ4n) is 2.44. The van der Waals surface area contributed by atoms with E-state index in [1.165, 1.54) is 24.3 Å². The zero-order valence-corrected chi connectivity index (χ0v) is 14.1. The topological polar surface area (TPSA) is 61.4 Å². The number of carbonyl (C=O) groups excluding carboxylic acids is 1. The summed E-state index contributed by atoms with van der Waals surface area (Å²) in [5.41, 5.74) is 1.03. The third-order valence-electron chi connectivity index (χ3n) is 3.89. The van der Waals surface area contributed by atoms with E-state index in [0.29, 0.717) is 5.56 Å². The molecule has 128 valence electrons. The van der Waals surface area contributed by atoms with E-state index in [0.717, 1.165) is 11.3 Å². The van der Waals surface area contributed by atoms with Crippen LogP contribution in [0.25, 0.3) is 0 Å². The van der Waals surface area contributed by atoms with Gasteiger partial charge in [-0.15, -0.1) is 0 Å². The zero-order chi connectivity index (χ0) is 17.7. The Bertz CT molecular complexity index is 697. The summed E-state index contributed by atoms with van der Waals surface area (Å²) >= 11 is 0. The molecule has 2 amide bonds. The van der Waals surface area contributed by atoms with Crippen molar-refractivity contribution in [2.45, 2.75) is 32.3 Å². The maximum Gasteiger partial charge on any atom is 0.319 e. The number of carbonyl (C=O) groups is 1. The van der Waals surface area contributed by atoms with Crippen molar-refractivity contribution in [2.24, 2.45) is 0 Å². The monoisotopic (exact) mass is 330 g/mol. The molecule has 0 aliphatic rings. The lowest BCUT2D eigenvalue weighted by Crippen LogP contribution is -2.40. The van der Waals surface area contributed by atoms with Crippen molar-refractivity contribution >= 4 is 11.7 Å². The molecule has 0 heterocycles. The van der Waals surface area contributed by atoms with Gasteiger partial charge in [0, 0.05) is 5.69 Å². The van der Waals surface area contributed by atoms with Crippen LogP contribution in [-0.4, -0.2) is 17.7 Å². The van der Waals surface area contributed by atoms with Crippen molar-refractivity contribution in [1.29, 1.82) is 0 Å². The van der Waals surface area contributed by atoms with Crippen LogP contribution in [0.3, 0.4) is 0 Å². The predicted molar refractivity (Wildman–Crippen MR) is 93.5 cm³/mol. The van der Waals surface area contributed by atoms with Crippen LogP contribution in [0.4, 0.5) is 14.9 Å². The van der Waals surface area contributed by atoms with E-state index in [1.54, 1.807) is 6.92 Å². The van der Waals surface area contributed by atoms with E-state index in [-0.39, 0.29) is 18.3 Å². The Morgan fingerprint density at radius 2 is 1.79 bits per heavy atom. The first-order chi connectivity index (χ1) is 11.3. The number of benzene rings is 2. The van der Waals surface area contributed by atoms with Crippen LogP contribution >= 0.6 is 0 Å². The second-order valence-corrected chi connectivity index (χ2v) is 6.33. The Morgan fingerprint density at radius 1 is 1.17 bits per heavy atom. The number of para-hydroxylation sites is 1. The van der Waals surface area contributed by atoms with Gasteiger partial charge >= 0.3 is 6.03 Å². The van der Waals surface area contributed by atoms with E-state index >= 15 is 0 Å². The molecule has 0 fully saturated rings. The van der Waals surface area contributed by atoms with Gasteiger partial charge in [-0.25, -0.2) is 9.18 Å². The first kappa shape index (κ1) is 17.9. The fraction of sp³-hybridized carbons (Fsp3) is 0.316. The van der Waals surface area contributed by atoms with Crippen molar-refractivity contribution in [2.75, 3.05) is 11.9 Å². The molecule has 0 saturated carbocycles. The first-order valence-corrected chi connectivity index (χ1v) is 7.92. The minimum Gasteiger partial charge on any atom is -0.384 e. The molecular formula is C19H23FN2O2. The molecule has 2 aromatic carbocycles. The third kappa shape index (κ3) is 4.55. The van der Waals surface area contributed by atoms with E-state index in [2.05, 4.69) is 24.5 Å². The van der Waals surface area contributed by atoms with Crippen molar-refractivity contribution < 1.29 is 14.3 Å². The minimum absolute atomic E-state index is 0.00825. The Kier molecular flexibility index (Phi) is 5.57. The maximum absolute atomic E-state index is 13.0. The lowest BCUT2D eigenvalue weighted by atomic mass is 9.96. The first-order valence-electron chi connectivity index (χ1n) is 7.92. The molecule has 0 spiro atoms. The molecule has 0 aromatic heterocycles. The fourth-order valence-corrected chi connectivity index (χ4v) is 2.44. The van der Waals surface area contributed by atoms with Gasteiger partial charge < -0.3 is 15.7 Å². The van der Waals surface area contributed by atoms with Gasteiger partial charge in [-0.05, 0) is 42.2 Å². The molecule has 4 nitrogen and oxygen atoms in total. The van der Waals surface area contributed by atoms with Crippen LogP contribution in [0.1, 0.15) is 37.8 Å². The number of aliphatic hydroxyl groups is 1. The molecule has 0 aliphatic carbocycles. The van der Waals surface area contributed by atoms with Crippen LogP contribution in [0.5, 0.6) is 0 Å². The Morgan fingerprint density at radius 3 is 2.42 bits per heavy atom. The van der Waals surface area contributed by atoms with Crippen molar-refractivity contribution in [3.63, 3.8) is 0 Å².